The third-order valence-electron chi connectivity index (χ3n) is 1.85. The molecule has 0 aliphatic rings. The summed E-state index contributed by atoms with van der Waals surface area (Å²) >= 11 is 9.47. The third kappa shape index (κ3) is 1.69. The normalized spacial score (nSPS) is 10.7. The molecule has 13 heavy (non-hydrogen) atoms. The number of nitrogens with zero attached hydrogens (tertiary/aromatic N) is 1. The van der Waals surface area contributed by atoms with Crippen molar-refractivity contribution in [2.75, 3.05) is 0 Å². The first-order valence-corrected chi connectivity index (χ1v) is 5.06. The minimum atomic E-state index is 0.754. The molecule has 0 amide bonds. The number of hydrogen-bond acceptors (Lipinski definition) is 1. The van der Waals surface area contributed by atoms with Gasteiger partial charge in [-0.05, 0) is 31.2 Å². The summed E-state index contributed by atoms with van der Waals surface area (Å²) in [5.74, 6) is 0. The number of halogens is 2. The fourth-order valence-electron chi connectivity index (χ4n) is 1.28. The first kappa shape index (κ1) is 8.97. The smallest absolute Gasteiger partial charge is 0.0720 e. The van der Waals surface area contributed by atoms with Gasteiger partial charge in [-0.25, -0.2) is 0 Å². The van der Waals surface area contributed by atoms with E-state index in [2.05, 4.69) is 20.9 Å². The summed E-state index contributed by atoms with van der Waals surface area (Å²) in [6.45, 7) is 1.94. The van der Waals surface area contributed by atoms with Gasteiger partial charge in [-0.15, -0.1) is 0 Å². The summed E-state index contributed by atoms with van der Waals surface area (Å²) in [7, 11) is 0. The molecule has 66 valence electrons. The molecule has 0 radical (unpaired) electrons. The molecule has 0 saturated carbocycles. The van der Waals surface area contributed by atoms with Gasteiger partial charge in [0.1, 0.15) is 0 Å². The van der Waals surface area contributed by atoms with Gasteiger partial charge in [0, 0.05) is 15.6 Å². The van der Waals surface area contributed by atoms with E-state index >= 15 is 0 Å². The zero-order valence-electron chi connectivity index (χ0n) is 7.01. The molecule has 3 heteroatoms. The highest BCUT2D eigenvalue weighted by atomic mass is 79.9. The molecule has 0 bridgehead atoms. The summed E-state index contributed by atoms with van der Waals surface area (Å²) < 4.78 is 1.02. The fraction of sp³-hybridized carbons (Fsp3) is 0.100. The van der Waals surface area contributed by atoms with Crippen LogP contribution in [0.15, 0.2) is 28.7 Å². The van der Waals surface area contributed by atoms with Crippen LogP contribution in [0.1, 0.15) is 5.69 Å². The fourth-order valence-corrected chi connectivity index (χ4v) is 1.95. The van der Waals surface area contributed by atoms with E-state index in [0.29, 0.717) is 0 Å². The van der Waals surface area contributed by atoms with Crippen molar-refractivity contribution >= 4 is 38.4 Å². The predicted molar refractivity (Wildman–Crippen MR) is 59.2 cm³/mol. The second-order valence-corrected chi connectivity index (χ2v) is 4.23. The van der Waals surface area contributed by atoms with E-state index in [-0.39, 0.29) is 0 Å². The number of fused-ring (bicyclic) bond motifs is 1. The lowest BCUT2D eigenvalue weighted by Crippen LogP contribution is -1.84. The van der Waals surface area contributed by atoms with Crippen LogP contribution >= 0.6 is 27.5 Å². The zero-order valence-corrected chi connectivity index (χ0v) is 9.35. The van der Waals surface area contributed by atoms with E-state index in [1.54, 1.807) is 0 Å². The first-order valence-electron chi connectivity index (χ1n) is 3.89. The van der Waals surface area contributed by atoms with Gasteiger partial charge in [-0.2, -0.15) is 0 Å². The lowest BCUT2D eigenvalue weighted by molar-refractivity contribution is 1.25. The lowest BCUT2D eigenvalue weighted by Gasteiger charge is -2.01. The van der Waals surface area contributed by atoms with Gasteiger partial charge in [0.05, 0.1) is 10.5 Å². The quantitative estimate of drug-likeness (QED) is 0.695. The van der Waals surface area contributed by atoms with Crippen molar-refractivity contribution in [1.82, 2.24) is 4.98 Å². The van der Waals surface area contributed by atoms with Crippen molar-refractivity contribution in [3.8, 4) is 0 Å². The van der Waals surface area contributed by atoms with E-state index in [1.807, 2.05) is 31.2 Å². The van der Waals surface area contributed by atoms with Gasteiger partial charge in [0.25, 0.3) is 0 Å². The second-order valence-electron chi connectivity index (χ2n) is 2.91. The molecule has 0 spiro atoms. The average Bonchev–Trinajstić information content (AvgIpc) is 2.06. The topological polar surface area (TPSA) is 12.9 Å². The molecular weight excluding hydrogens is 249 g/mol. The van der Waals surface area contributed by atoms with Crippen molar-refractivity contribution in [2.24, 2.45) is 0 Å². The molecule has 1 aromatic carbocycles. The SMILES string of the molecule is Cc1cc(Cl)c2cc(Br)ccc2n1. The number of hydrogen-bond donors (Lipinski definition) is 0. The van der Waals surface area contributed by atoms with Crippen LogP contribution in [0.5, 0.6) is 0 Å². The highest BCUT2D eigenvalue weighted by molar-refractivity contribution is 9.10. The van der Waals surface area contributed by atoms with E-state index in [4.69, 9.17) is 11.6 Å². The molecular formula is C10H7BrClN. The van der Waals surface area contributed by atoms with Crippen LogP contribution in [-0.2, 0) is 0 Å². The molecule has 2 aromatic rings. The van der Waals surface area contributed by atoms with E-state index in [1.165, 1.54) is 0 Å². The van der Waals surface area contributed by atoms with Crippen LogP contribution in [0.2, 0.25) is 5.02 Å². The number of aromatic nitrogens is 1. The monoisotopic (exact) mass is 255 g/mol. The maximum Gasteiger partial charge on any atom is 0.0720 e. The second kappa shape index (κ2) is 3.28. The van der Waals surface area contributed by atoms with Gasteiger partial charge >= 0.3 is 0 Å². The minimum absolute atomic E-state index is 0.754. The maximum absolute atomic E-state index is 6.07. The summed E-state index contributed by atoms with van der Waals surface area (Å²) in [5.41, 5.74) is 1.88. The van der Waals surface area contributed by atoms with Gasteiger partial charge in [0.15, 0.2) is 0 Å². The van der Waals surface area contributed by atoms with E-state index in [9.17, 15) is 0 Å². The van der Waals surface area contributed by atoms with Gasteiger partial charge in [-0.3, -0.25) is 4.98 Å². The highest BCUT2D eigenvalue weighted by Gasteiger charge is 2.01. The van der Waals surface area contributed by atoms with Gasteiger partial charge in [-0.1, -0.05) is 27.5 Å². The minimum Gasteiger partial charge on any atom is -0.253 e. The summed E-state index contributed by atoms with van der Waals surface area (Å²) in [5, 5.41) is 1.74. The molecule has 1 nitrogen and oxygen atoms in total. The van der Waals surface area contributed by atoms with Crippen molar-refractivity contribution in [3.63, 3.8) is 0 Å². The Bertz CT molecular complexity index is 468. The Balaban J connectivity index is 2.87. The van der Waals surface area contributed by atoms with E-state index < -0.39 is 0 Å². The maximum atomic E-state index is 6.07. The van der Waals surface area contributed by atoms with Crippen molar-refractivity contribution in [2.45, 2.75) is 6.92 Å². The molecule has 0 N–H and O–H groups in total. The summed E-state index contributed by atoms with van der Waals surface area (Å²) in [6, 6.07) is 7.77. The van der Waals surface area contributed by atoms with Crippen molar-refractivity contribution in [1.29, 1.82) is 0 Å². The van der Waals surface area contributed by atoms with Crippen LogP contribution < -0.4 is 0 Å². The molecule has 0 fully saturated rings. The molecule has 0 aliphatic heterocycles. The van der Waals surface area contributed by atoms with Crippen molar-refractivity contribution < 1.29 is 0 Å². The van der Waals surface area contributed by atoms with Crippen LogP contribution in [0, 0.1) is 6.92 Å². The number of pyridine rings is 1. The Kier molecular flexibility index (Phi) is 2.26. The Morgan fingerprint density at radius 3 is 2.85 bits per heavy atom. The predicted octanol–water partition coefficient (Wildman–Crippen LogP) is 3.96. The number of rotatable bonds is 0. The first-order chi connectivity index (χ1) is 6.16. The average molecular weight is 257 g/mol. The largest absolute Gasteiger partial charge is 0.253 e. The number of benzene rings is 1. The van der Waals surface area contributed by atoms with E-state index in [0.717, 1.165) is 26.1 Å². The Morgan fingerprint density at radius 1 is 1.31 bits per heavy atom. The molecule has 2 rings (SSSR count). The van der Waals surface area contributed by atoms with Crippen LogP contribution in [0.4, 0.5) is 0 Å². The molecule has 0 aliphatic carbocycles. The third-order valence-corrected chi connectivity index (χ3v) is 2.65. The summed E-state index contributed by atoms with van der Waals surface area (Å²) in [6.07, 6.45) is 0. The molecule has 0 unspecified atom stereocenters. The van der Waals surface area contributed by atoms with Crippen LogP contribution in [0.3, 0.4) is 0 Å². The molecule has 0 atom stereocenters. The van der Waals surface area contributed by atoms with Gasteiger partial charge in [0.2, 0.25) is 0 Å². The lowest BCUT2D eigenvalue weighted by atomic mass is 10.2. The Hall–Kier alpha value is -0.600. The zero-order chi connectivity index (χ0) is 9.42. The highest BCUT2D eigenvalue weighted by Crippen LogP contribution is 2.25. The van der Waals surface area contributed by atoms with Crippen molar-refractivity contribution in [3.05, 3.63) is 39.5 Å². The standard InChI is InChI=1S/C10H7BrClN/c1-6-4-9(12)8-5-7(11)2-3-10(8)13-6/h2-5H,1H3. The molecule has 1 aromatic heterocycles. The molecule has 1 heterocycles. The number of aryl methyl sites for hydroxylation is 1. The van der Waals surface area contributed by atoms with Crippen LogP contribution in [0.25, 0.3) is 10.9 Å². The van der Waals surface area contributed by atoms with Crippen LogP contribution in [-0.4, -0.2) is 4.98 Å². The Morgan fingerprint density at radius 2 is 2.08 bits per heavy atom. The Labute approximate surface area is 89.9 Å². The molecule has 0 saturated heterocycles. The summed E-state index contributed by atoms with van der Waals surface area (Å²) in [4.78, 5) is 4.37. The van der Waals surface area contributed by atoms with Gasteiger partial charge < -0.3 is 0 Å².